The Labute approximate surface area is 180 Å². The largest absolute Gasteiger partial charge is 0.337 e. The molecule has 2 aliphatic rings. The number of rotatable bonds is 6. The van der Waals surface area contributed by atoms with Gasteiger partial charge >= 0.3 is 0 Å². The second-order valence-electron chi connectivity index (χ2n) is 9.63. The minimum absolute atomic E-state index is 0.356. The standard InChI is InChI=1S/C24H35N5O/c1-20-12-21(2)15-28(14-20)24(30)19-27-10-8-26(9-11-27)16-23-13-25-29(18-23)17-22-6-4-3-5-7-22/h3-7,13,18,20-21H,8-12,14-17,19H2,1-2H3/p+2/t20-,21+. The maximum absolute atomic E-state index is 12.8. The fourth-order valence-corrected chi connectivity index (χ4v) is 5.15. The highest BCUT2D eigenvalue weighted by Gasteiger charge is 2.30. The van der Waals surface area contributed by atoms with Crippen LogP contribution in [-0.4, -0.2) is 66.4 Å². The lowest BCUT2D eigenvalue weighted by Gasteiger charge is -2.36. The molecule has 0 saturated carbocycles. The quantitative estimate of drug-likeness (QED) is 0.687. The van der Waals surface area contributed by atoms with Gasteiger partial charge in [0.15, 0.2) is 6.54 Å². The number of likely N-dealkylation sites (tertiary alicyclic amines) is 1. The molecule has 2 saturated heterocycles. The van der Waals surface area contributed by atoms with Crippen LogP contribution in [0, 0.1) is 11.8 Å². The van der Waals surface area contributed by atoms with Crippen molar-refractivity contribution in [3.05, 3.63) is 53.9 Å². The van der Waals surface area contributed by atoms with E-state index in [9.17, 15) is 4.79 Å². The van der Waals surface area contributed by atoms with E-state index >= 15 is 0 Å². The fraction of sp³-hybridized carbons (Fsp3) is 0.583. The van der Waals surface area contributed by atoms with E-state index < -0.39 is 0 Å². The molecule has 30 heavy (non-hydrogen) atoms. The number of piperidine rings is 1. The lowest BCUT2D eigenvalue weighted by atomic mass is 9.92. The third-order valence-corrected chi connectivity index (χ3v) is 6.62. The summed E-state index contributed by atoms with van der Waals surface area (Å²) < 4.78 is 2.03. The van der Waals surface area contributed by atoms with Gasteiger partial charge in [-0.3, -0.25) is 9.48 Å². The van der Waals surface area contributed by atoms with Crippen molar-refractivity contribution in [1.29, 1.82) is 0 Å². The molecule has 2 fully saturated rings. The number of amides is 1. The van der Waals surface area contributed by atoms with Crippen molar-refractivity contribution in [2.75, 3.05) is 45.8 Å². The highest BCUT2D eigenvalue weighted by atomic mass is 16.2. The molecule has 0 bridgehead atoms. The Kier molecular flexibility index (Phi) is 6.85. The van der Waals surface area contributed by atoms with Crippen LogP contribution in [-0.2, 0) is 17.9 Å². The van der Waals surface area contributed by atoms with Gasteiger partial charge < -0.3 is 14.7 Å². The second kappa shape index (κ2) is 9.75. The first-order chi connectivity index (χ1) is 14.5. The molecule has 0 aliphatic carbocycles. The second-order valence-corrected chi connectivity index (χ2v) is 9.63. The predicted octanol–water partition coefficient (Wildman–Crippen LogP) is -0.281. The van der Waals surface area contributed by atoms with E-state index in [4.69, 9.17) is 0 Å². The molecule has 3 heterocycles. The Morgan fingerprint density at radius 2 is 1.67 bits per heavy atom. The monoisotopic (exact) mass is 411 g/mol. The van der Waals surface area contributed by atoms with Crippen LogP contribution >= 0.6 is 0 Å². The molecule has 2 atom stereocenters. The summed E-state index contributed by atoms with van der Waals surface area (Å²) >= 11 is 0. The molecule has 2 aromatic rings. The summed E-state index contributed by atoms with van der Waals surface area (Å²) in [4.78, 5) is 17.9. The van der Waals surface area contributed by atoms with Gasteiger partial charge in [0.2, 0.25) is 0 Å². The molecule has 0 radical (unpaired) electrons. The maximum atomic E-state index is 12.8. The Bertz CT molecular complexity index is 802. The number of carbonyl (C=O) groups excluding carboxylic acids is 1. The van der Waals surface area contributed by atoms with Crippen molar-refractivity contribution in [1.82, 2.24) is 14.7 Å². The highest BCUT2D eigenvalue weighted by Crippen LogP contribution is 2.20. The average molecular weight is 412 g/mol. The minimum atomic E-state index is 0.356. The Morgan fingerprint density at radius 3 is 2.37 bits per heavy atom. The number of hydrogen-bond acceptors (Lipinski definition) is 2. The van der Waals surface area contributed by atoms with Crippen LogP contribution in [0.1, 0.15) is 31.4 Å². The summed E-state index contributed by atoms with van der Waals surface area (Å²) in [6, 6.07) is 10.5. The van der Waals surface area contributed by atoms with Crippen LogP contribution < -0.4 is 9.80 Å². The first-order valence-electron chi connectivity index (χ1n) is 11.6. The van der Waals surface area contributed by atoms with Crippen molar-refractivity contribution in [2.24, 2.45) is 11.8 Å². The number of quaternary nitrogens is 2. The zero-order chi connectivity index (χ0) is 20.9. The van der Waals surface area contributed by atoms with Crippen LogP contribution in [0.15, 0.2) is 42.7 Å². The summed E-state index contributed by atoms with van der Waals surface area (Å²) in [5.74, 6) is 1.63. The minimum Gasteiger partial charge on any atom is -0.337 e. The van der Waals surface area contributed by atoms with Crippen molar-refractivity contribution in [2.45, 2.75) is 33.4 Å². The van der Waals surface area contributed by atoms with Gasteiger partial charge in [0, 0.05) is 24.8 Å². The van der Waals surface area contributed by atoms with Crippen molar-refractivity contribution < 1.29 is 14.6 Å². The summed E-state index contributed by atoms with van der Waals surface area (Å²) in [5, 5.41) is 4.54. The number of hydrogen-bond donors (Lipinski definition) is 2. The van der Waals surface area contributed by atoms with E-state index in [1.165, 1.54) is 22.4 Å². The SMILES string of the molecule is C[C@@H]1C[C@H](C)CN(C(=O)C[NH+]2CC[NH+](Cc3cnn(Cc4ccccc4)c3)CC2)C1. The zero-order valence-electron chi connectivity index (χ0n) is 18.5. The summed E-state index contributed by atoms with van der Waals surface area (Å²) in [6.07, 6.45) is 5.44. The van der Waals surface area contributed by atoms with E-state index in [1.54, 1.807) is 4.90 Å². The fourth-order valence-electron chi connectivity index (χ4n) is 5.15. The van der Waals surface area contributed by atoms with Gasteiger partial charge in [-0.25, -0.2) is 0 Å². The van der Waals surface area contributed by atoms with Gasteiger partial charge in [-0.05, 0) is 23.8 Å². The van der Waals surface area contributed by atoms with Crippen molar-refractivity contribution >= 4 is 5.91 Å². The molecule has 2 N–H and O–H groups in total. The van der Waals surface area contributed by atoms with Crippen LogP contribution in [0.25, 0.3) is 0 Å². The Hall–Kier alpha value is -2.18. The maximum Gasteiger partial charge on any atom is 0.277 e. The van der Waals surface area contributed by atoms with Gasteiger partial charge in [-0.1, -0.05) is 44.2 Å². The summed E-state index contributed by atoms with van der Waals surface area (Å²) in [6.45, 7) is 13.4. The molecule has 1 aromatic heterocycles. The zero-order valence-corrected chi connectivity index (χ0v) is 18.5. The molecule has 4 rings (SSSR count). The molecule has 6 heteroatoms. The van der Waals surface area contributed by atoms with E-state index in [0.717, 1.165) is 52.4 Å². The van der Waals surface area contributed by atoms with Crippen LogP contribution in [0.3, 0.4) is 0 Å². The van der Waals surface area contributed by atoms with Crippen molar-refractivity contribution in [3.63, 3.8) is 0 Å². The average Bonchev–Trinajstić information content (AvgIpc) is 3.16. The molecule has 2 aliphatic heterocycles. The number of carbonyl (C=O) groups is 1. The normalized spacial score (nSPS) is 27.2. The molecule has 6 nitrogen and oxygen atoms in total. The highest BCUT2D eigenvalue weighted by molar-refractivity contribution is 5.77. The third kappa shape index (κ3) is 5.70. The van der Waals surface area contributed by atoms with E-state index in [1.807, 2.05) is 16.9 Å². The molecule has 0 spiro atoms. The van der Waals surface area contributed by atoms with Gasteiger partial charge in [0.25, 0.3) is 5.91 Å². The number of benzene rings is 1. The predicted molar refractivity (Wildman–Crippen MR) is 117 cm³/mol. The summed E-state index contributed by atoms with van der Waals surface area (Å²) in [5.41, 5.74) is 2.58. The number of nitrogens with zero attached hydrogens (tertiary/aromatic N) is 3. The first-order valence-corrected chi connectivity index (χ1v) is 11.6. The van der Waals surface area contributed by atoms with Crippen LogP contribution in [0.2, 0.25) is 0 Å². The number of aromatic nitrogens is 2. The number of nitrogens with one attached hydrogen (secondary N) is 2. The molecular formula is C24H37N5O+2. The van der Waals surface area contributed by atoms with Gasteiger partial charge in [0.1, 0.15) is 32.7 Å². The first kappa shape index (κ1) is 21.1. The van der Waals surface area contributed by atoms with E-state index in [2.05, 4.69) is 54.3 Å². The topological polar surface area (TPSA) is 47.0 Å². The van der Waals surface area contributed by atoms with Crippen molar-refractivity contribution in [3.8, 4) is 0 Å². The Morgan fingerprint density at radius 1 is 1.00 bits per heavy atom. The lowest BCUT2D eigenvalue weighted by molar-refractivity contribution is -1.02. The lowest BCUT2D eigenvalue weighted by Crippen LogP contribution is -3.28. The molecule has 0 unspecified atom stereocenters. The van der Waals surface area contributed by atoms with Gasteiger partial charge in [-0.15, -0.1) is 0 Å². The van der Waals surface area contributed by atoms with Gasteiger partial charge in [0.05, 0.1) is 12.7 Å². The Balaban J connectivity index is 1.21. The third-order valence-electron chi connectivity index (χ3n) is 6.62. The molecule has 162 valence electrons. The molecule has 1 aromatic carbocycles. The molecular weight excluding hydrogens is 374 g/mol. The van der Waals surface area contributed by atoms with Gasteiger partial charge in [-0.2, -0.15) is 5.10 Å². The summed E-state index contributed by atoms with van der Waals surface area (Å²) in [7, 11) is 0. The van der Waals surface area contributed by atoms with E-state index in [-0.39, 0.29) is 0 Å². The smallest absolute Gasteiger partial charge is 0.277 e. The van der Waals surface area contributed by atoms with E-state index in [0.29, 0.717) is 24.3 Å². The molecule has 1 amide bonds. The van der Waals surface area contributed by atoms with Crippen LogP contribution in [0.5, 0.6) is 0 Å². The van der Waals surface area contributed by atoms with Crippen LogP contribution in [0.4, 0.5) is 0 Å². The number of piperazine rings is 1.